The van der Waals surface area contributed by atoms with Crippen LogP contribution >= 0.6 is 15.9 Å². The summed E-state index contributed by atoms with van der Waals surface area (Å²) in [6.07, 6.45) is 5.60. The molecule has 0 spiro atoms. The van der Waals surface area contributed by atoms with Crippen LogP contribution in [0.4, 0.5) is 11.4 Å². The predicted octanol–water partition coefficient (Wildman–Crippen LogP) is 11.8. The van der Waals surface area contributed by atoms with Crippen molar-refractivity contribution in [1.82, 2.24) is 0 Å². The molecule has 1 nitrogen and oxygen atoms in total. The van der Waals surface area contributed by atoms with Gasteiger partial charge in [0.25, 0.3) is 0 Å². The van der Waals surface area contributed by atoms with Gasteiger partial charge in [0, 0.05) is 21.5 Å². The van der Waals surface area contributed by atoms with E-state index in [0.29, 0.717) is 0 Å². The Morgan fingerprint density at radius 1 is 0.610 bits per heavy atom. The Kier molecular flexibility index (Phi) is 10.3. The molecular formula is C39H36BrN. The van der Waals surface area contributed by atoms with Gasteiger partial charge in [-0.2, -0.15) is 0 Å². The smallest absolute Gasteiger partial charge is 0.0479 e. The number of allylic oxidation sites excluding steroid dienone is 3. The molecule has 5 rings (SSSR count). The van der Waals surface area contributed by atoms with Gasteiger partial charge in [0.2, 0.25) is 0 Å². The van der Waals surface area contributed by atoms with Crippen molar-refractivity contribution in [2.24, 2.45) is 0 Å². The second kappa shape index (κ2) is 14.3. The number of nitrogens with zero attached hydrogens (tertiary/aromatic N) is 1. The van der Waals surface area contributed by atoms with E-state index in [4.69, 9.17) is 0 Å². The van der Waals surface area contributed by atoms with Crippen LogP contribution in [0.25, 0.3) is 22.3 Å². The first-order valence-corrected chi connectivity index (χ1v) is 14.5. The molecule has 204 valence electrons. The lowest BCUT2D eigenvalue weighted by atomic mass is 9.97. The molecule has 41 heavy (non-hydrogen) atoms. The summed E-state index contributed by atoms with van der Waals surface area (Å²) >= 11 is 3.68. The van der Waals surface area contributed by atoms with Gasteiger partial charge in [-0.1, -0.05) is 132 Å². The molecule has 0 aliphatic rings. The third kappa shape index (κ3) is 7.63. The molecule has 0 aromatic heterocycles. The number of hydrogen-bond donors (Lipinski definition) is 0. The molecule has 0 saturated carbocycles. The zero-order chi connectivity index (χ0) is 29.2. The molecule has 0 N–H and O–H groups in total. The summed E-state index contributed by atoms with van der Waals surface area (Å²) in [5, 5.41) is 0. The minimum atomic E-state index is 0.962. The first-order valence-electron chi connectivity index (χ1n) is 13.7. The Balaban J connectivity index is 0.000000231. The summed E-state index contributed by atoms with van der Waals surface area (Å²) in [4.78, 5) is 2.18. The molecule has 0 heterocycles. The number of rotatable bonds is 7. The molecule has 0 radical (unpaired) electrons. The average Bonchev–Trinajstić information content (AvgIpc) is 2.98. The van der Waals surface area contributed by atoms with E-state index in [2.05, 4.69) is 158 Å². The van der Waals surface area contributed by atoms with Crippen molar-refractivity contribution >= 4 is 27.3 Å². The summed E-state index contributed by atoms with van der Waals surface area (Å²) in [6.45, 7) is 14.3. The Hall–Kier alpha value is -4.40. The van der Waals surface area contributed by atoms with Gasteiger partial charge in [-0.15, -0.1) is 0 Å². The van der Waals surface area contributed by atoms with Crippen LogP contribution in [0.5, 0.6) is 0 Å². The molecule has 0 aliphatic carbocycles. The van der Waals surface area contributed by atoms with Crippen molar-refractivity contribution in [3.63, 3.8) is 0 Å². The minimum Gasteiger partial charge on any atom is -0.310 e. The third-order valence-corrected chi connectivity index (χ3v) is 7.33. The van der Waals surface area contributed by atoms with E-state index in [-0.39, 0.29) is 0 Å². The quantitative estimate of drug-likeness (QED) is 0.169. The van der Waals surface area contributed by atoms with Crippen LogP contribution in [-0.2, 0) is 0 Å². The first kappa shape index (κ1) is 29.6. The van der Waals surface area contributed by atoms with Crippen LogP contribution in [0, 0.1) is 20.8 Å². The van der Waals surface area contributed by atoms with Gasteiger partial charge in [0.15, 0.2) is 0 Å². The first-order chi connectivity index (χ1) is 19.9. The molecule has 0 atom stereocenters. The van der Waals surface area contributed by atoms with Gasteiger partial charge in [-0.25, -0.2) is 0 Å². The Morgan fingerprint density at radius 2 is 1.17 bits per heavy atom. The molecule has 0 amide bonds. The number of hydrogen-bond acceptors (Lipinski definition) is 1. The highest BCUT2D eigenvalue weighted by Gasteiger charge is 2.14. The summed E-state index contributed by atoms with van der Waals surface area (Å²) in [7, 11) is 0. The Morgan fingerprint density at radius 3 is 1.71 bits per heavy atom. The van der Waals surface area contributed by atoms with Crippen LogP contribution in [-0.4, -0.2) is 0 Å². The fourth-order valence-electron chi connectivity index (χ4n) is 4.75. The van der Waals surface area contributed by atoms with Crippen molar-refractivity contribution in [1.29, 1.82) is 0 Å². The lowest BCUT2D eigenvalue weighted by molar-refractivity contribution is 1.21. The normalized spacial score (nSPS) is 10.8. The molecule has 0 fully saturated rings. The topological polar surface area (TPSA) is 3.24 Å². The Labute approximate surface area is 254 Å². The molecular weight excluding hydrogens is 562 g/mol. The average molecular weight is 599 g/mol. The molecule has 0 unspecified atom stereocenters. The SMILES string of the molecule is C=C/C=C(\C=C)N(c1ccccc1)c1cc(Br)cc(-c2ccc(C)cc2)c1.Cc1ccccc1-c1ccccc1C. The molecule has 0 aliphatic heterocycles. The fraction of sp³-hybridized carbons (Fsp3) is 0.0769. The summed E-state index contributed by atoms with van der Waals surface area (Å²) in [5.74, 6) is 0. The van der Waals surface area contributed by atoms with Crippen LogP contribution < -0.4 is 4.90 Å². The lowest BCUT2D eigenvalue weighted by Crippen LogP contribution is -2.15. The maximum Gasteiger partial charge on any atom is 0.0479 e. The van der Waals surface area contributed by atoms with Gasteiger partial charge in [-0.3, -0.25) is 0 Å². The highest BCUT2D eigenvalue weighted by atomic mass is 79.9. The van der Waals surface area contributed by atoms with Crippen LogP contribution in [0.15, 0.2) is 163 Å². The minimum absolute atomic E-state index is 0.962. The number of anilines is 2. The maximum atomic E-state index is 3.99. The summed E-state index contributed by atoms with van der Waals surface area (Å²) in [6, 6.07) is 42.3. The van der Waals surface area contributed by atoms with Crippen molar-refractivity contribution in [2.45, 2.75) is 20.8 Å². The zero-order valence-corrected chi connectivity index (χ0v) is 25.6. The Bertz CT molecular complexity index is 1600. The van der Waals surface area contributed by atoms with Gasteiger partial charge in [-0.05, 0) is 96.6 Å². The van der Waals surface area contributed by atoms with E-state index in [0.717, 1.165) is 27.1 Å². The van der Waals surface area contributed by atoms with E-state index >= 15 is 0 Å². The number of halogens is 1. The van der Waals surface area contributed by atoms with Crippen molar-refractivity contribution in [3.8, 4) is 22.3 Å². The molecule has 5 aromatic rings. The van der Waals surface area contributed by atoms with Crippen LogP contribution in [0.3, 0.4) is 0 Å². The third-order valence-electron chi connectivity index (χ3n) is 6.88. The van der Waals surface area contributed by atoms with Crippen molar-refractivity contribution in [3.05, 3.63) is 180 Å². The maximum absolute atomic E-state index is 3.99. The second-order valence-electron chi connectivity index (χ2n) is 9.90. The lowest BCUT2D eigenvalue weighted by Gasteiger charge is -2.27. The van der Waals surface area contributed by atoms with E-state index < -0.39 is 0 Å². The van der Waals surface area contributed by atoms with Crippen molar-refractivity contribution < 1.29 is 0 Å². The predicted molar refractivity (Wildman–Crippen MR) is 183 cm³/mol. The summed E-state index contributed by atoms with van der Waals surface area (Å²) < 4.78 is 1.03. The second-order valence-corrected chi connectivity index (χ2v) is 10.8. The molecule has 0 bridgehead atoms. The number of para-hydroxylation sites is 1. The van der Waals surface area contributed by atoms with Gasteiger partial charge >= 0.3 is 0 Å². The molecule has 0 saturated heterocycles. The molecule has 5 aromatic carbocycles. The molecule has 2 heteroatoms. The van der Waals surface area contributed by atoms with E-state index in [1.165, 1.54) is 33.4 Å². The van der Waals surface area contributed by atoms with E-state index in [1.807, 2.05) is 30.4 Å². The highest BCUT2D eigenvalue weighted by Crippen LogP contribution is 2.36. The van der Waals surface area contributed by atoms with Gasteiger partial charge in [0.05, 0.1) is 0 Å². The monoisotopic (exact) mass is 597 g/mol. The largest absolute Gasteiger partial charge is 0.310 e. The standard InChI is InChI=1S/C25H22BrN.C14H14/c1-4-9-23(5-2)27(24-10-7-6-8-11-24)25-17-21(16-22(26)18-25)20-14-12-19(3)13-15-20;1-11-7-3-5-9-13(11)14-10-6-4-8-12(14)2/h4-18H,1-2H2,3H3;3-10H,1-2H3/b23-9+;. The summed E-state index contributed by atoms with van der Waals surface area (Å²) in [5.41, 5.74) is 12.0. The number of aryl methyl sites for hydroxylation is 3. The van der Waals surface area contributed by atoms with Crippen LogP contribution in [0.1, 0.15) is 16.7 Å². The fourth-order valence-corrected chi connectivity index (χ4v) is 5.23. The van der Waals surface area contributed by atoms with Crippen molar-refractivity contribution in [2.75, 3.05) is 4.90 Å². The van der Waals surface area contributed by atoms with E-state index in [1.54, 1.807) is 6.08 Å². The zero-order valence-electron chi connectivity index (χ0n) is 24.0. The van der Waals surface area contributed by atoms with E-state index in [9.17, 15) is 0 Å². The highest BCUT2D eigenvalue weighted by molar-refractivity contribution is 9.10. The van der Waals surface area contributed by atoms with Gasteiger partial charge < -0.3 is 4.90 Å². The van der Waals surface area contributed by atoms with Gasteiger partial charge in [0.1, 0.15) is 0 Å². The van der Waals surface area contributed by atoms with Crippen LogP contribution in [0.2, 0.25) is 0 Å². The number of benzene rings is 5.